The minimum absolute atomic E-state index is 0.248. The molecule has 2 aromatic rings. The molecule has 1 aliphatic rings. The maximum Gasteiger partial charge on any atom is 0.231 e. The van der Waals surface area contributed by atoms with Crippen molar-refractivity contribution in [3.05, 3.63) is 45.1 Å². The fraction of sp³-hybridized carbons (Fsp3) is 0.286. The SMILES string of the molecule is C[C@@H](NCc1cc(Cl)c2c(c1)OCO2)c1cccs1. The summed E-state index contributed by atoms with van der Waals surface area (Å²) in [5, 5.41) is 6.17. The van der Waals surface area contributed by atoms with Crippen LogP contribution in [0.15, 0.2) is 29.6 Å². The van der Waals surface area contributed by atoms with Gasteiger partial charge in [-0.2, -0.15) is 0 Å². The molecule has 1 N–H and O–H groups in total. The lowest BCUT2D eigenvalue weighted by Gasteiger charge is -2.12. The Morgan fingerprint density at radius 1 is 1.42 bits per heavy atom. The monoisotopic (exact) mass is 295 g/mol. The van der Waals surface area contributed by atoms with E-state index in [0.29, 0.717) is 16.8 Å². The van der Waals surface area contributed by atoms with Gasteiger partial charge in [-0.15, -0.1) is 11.3 Å². The third-order valence-electron chi connectivity index (χ3n) is 3.07. The van der Waals surface area contributed by atoms with Crippen LogP contribution in [0.4, 0.5) is 0 Å². The molecule has 3 rings (SSSR count). The molecule has 0 amide bonds. The number of halogens is 1. The van der Waals surface area contributed by atoms with Gasteiger partial charge in [-0.05, 0) is 36.1 Å². The highest BCUT2D eigenvalue weighted by atomic mass is 35.5. The van der Waals surface area contributed by atoms with E-state index in [1.165, 1.54) is 4.88 Å². The minimum Gasteiger partial charge on any atom is -0.454 e. The Morgan fingerprint density at radius 2 is 2.32 bits per heavy atom. The van der Waals surface area contributed by atoms with Gasteiger partial charge in [0.15, 0.2) is 11.5 Å². The molecule has 1 aromatic heterocycles. The maximum absolute atomic E-state index is 6.16. The Morgan fingerprint density at radius 3 is 3.11 bits per heavy atom. The second-order valence-corrected chi connectivity index (χ2v) is 5.82. The first-order valence-corrected chi connectivity index (χ1v) is 7.34. The van der Waals surface area contributed by atoms with Crippen molar-refractivity contribution < 1.29 is 9.47 Å². The van der Waals surface area contributed by atoms with Crippen LogP contribution in [0.1, 0.15) is 23.4 Å². The van der Waals surface area contributed by atoms with E-state index in [1.54, 1.807) is 11.3 Å². The zero-order valence-electron chi connectivity index (χ0n) is 10.5. The van der Waals surface area contributed by atoms with Crippen LogP contribution in [-0.4, -0.2) is 6.79 Å². The number of hydrogen-bond acceptors (Lipinski definition) is 4. The zero-order valence-corrected chi connectivity index (χ0v) is 12.1. The van der Waals surface area contributed by atoms with Crippen molar-refractivity contribution in [2.45, 2.75) is 19.5 Å². The van der Waals surface area contributed by atoms with E-state index in [4.69, 9.17) is 21.1 Å². The van der Waals surface area contributed by atoms with Crippen molar-refractivity contribution in [2.75, 3.05) is 6.79 Å². The van der Waals surface area contributed by atoms with Crippen LogP contribution in [0.2, 0.25) is 5.02 Å². The van der Waals surface area contributed by atoms with Crippen LogP contribution in [0.5, 0.6) is 11.5 Å². The molecule has 0 saturated heterocycles. The van der Waals surface area contributed by atoms with Crippen molar-refractivity contribution in [1.29, 1.82) is 0 Å². The van der Waals surface area contributed by atoms with Gasteiger partial charge in [-0.3, -0.25) is 0 Å². The van der Waals surface area contributed by atoms with Gasteiger partial charge < -0.3 is 14.8 Å². The molecule has 3 nitrogen and oxygen atoms in total. The van der Waals surface area contributed by atoms with E-state index in [-0.39, 0.29) is 6.79 Å². The first-order chi connectivity index (χ1) is 9.24. The van der Waals surface area contributed by atoms with Crippen LogP contribution >= 0.6 is 22.9 Å². The van der Waals surface area contributed by atoms with Crippen LogP contribution in [0.25, 0.3) is 0 Å². The van der Waals surface area contributed by atoms with Crippen LogP contribution in [0.3, 0.4) is 0 Å². The third kappa shape index (κ3) is 2.71. The highest BCUT2D eigenvalue weighted by molar-refractivity contribution is 7.10. The van der Waals surface area contributed by atoms with Gasteiger partial charge in [0.25, 0.3) is 0 Å². The van der Waals surface area contributed by atoms with Gasteiger partial charge >= 0.3 is 0 Å². The summed E-state index contributed by atoms with van der Waals surface area (Å²) >= 11 is 7.92. The van der Waals surface area contributed by atoms with E-state index >= 15 is 0 Å². The summed E-state index contributed by atoms with van der Waals surface area (Å²) in [5.74, 6) is 1.38. The summed E-state index contributed by atoms with van der Waals surface area (Å²) < 4.78 is 10.7. The molecule has 0 fully saturated rings. The van der Waals surface area contributed by atoms with Crippen molar-refractivity contribution in [3.8, 4) is 11.5 Å². The minimum atomic E-state index is 0.248. The van der Waals surface area contributed by atoms with Crippen molar-refractivity contribution in [1.82, 2.24) is 5.32 Å². The van der Waals surface area contributed by atoms with Crippen LogP contribution in [0, 0.1) is 0 Å². The molecule has 0 spiro atoms. The number of thiophene rings is 1. The fourth-order valence-corrected chi connectivity index (χ4v) is 3.08. The topological polar surface area (TPSA) is 30.5 Å². The summed E-state index contributed by atoms with van der Waals surface area (Å²) in [5.41, 5.74) is 1.10. The Labute approximate surface area is 121 Å². The fourth-order valence-electron chi connectivity index (χ4n) is 2.03. The second kappa shape index (κ2) is 5.41. The summed E-state index contributed by atoms with van der Waals surface area (Å²) in [6.45, 7) is 3.15. The molecule has 0 bridgehead atoms. The molecular weight excluding hydrogens is 282 g/mol. The molecule has 1 aliphatic heterocycles. The molecule has 0 saturated carbocycles. The van der Waals surface area contributed by atoms with Gasteiger partial charge in [0.05, 0.1) is 5.02 Å². The van der Waals surface area contributed by atoms with E-state index in [9.17, 15) is 0 Å². The largest absolute Gasteiger partial charge is 0.454 e. The average molecular weight is 296 g/mol. The second-order valence-electron chi connectivity index (χ2n) is 4.43. The summed E-state index contributed by atoms with van der Waals surface area (Å²) in [7, 11) is 0. The molecular formula is C14H14ClNO2S. The van der Waals surface area contributed by atoms with Gasteiger partial charge in [-0.1, -0.05) is 17.7 Å². The summed E-state index contributed by atoms with van der Waals surface area (Å²) in [6, 6.07) is 8.42. The number of nitrogens with one attached hydrogen (secondary N) is 1. The Bertz CT molecular complexity index is 571. The Kier molecular flexibility index (Phi) is 3.64. The molecule has 0 unspecified atom stereocenters. The lowest BCUT2D eigenvalue weighted by Crippen LogP contribution is -2.17. The first-order valence-electron chi connectivity index (χ1n) is 6.09. The predicted molar refractivity (Wildman–Crippen MR) is 77.1 cm³/mol. The first kappa shape index (κ1) is 12.8. The molecule has 1 aromatic carbocycles. The lowest BCUT2D eigenvalue weighted by molar-refractivity contribution is 0.174. The highest BCUT2D eigenvalue weighted by Gasteiger charge is 2.18. The third-order valence-corrected chi connectivity index (χ3v) is 4.41. The van der Waals surface area contributed by atoms with Gasteiger partial charge in [-0.25, -0.2) is 0 Å². The Balaban J connectivity index is 1.69. The number of hydrogen-bond donors (Lipinski definition) is 1. The van der Waals surface area contributed by atoms with E-state index in [1.807, 2.05) is 12.1 Å². The number of fused-ring (bicyclic) bond motifs is 1. The van der Waals surface area contributed by atoms with E-state index in [2.05, 4.69) is 29.8 Å². The van der Waals surface area contributed by atoms with Gasteiger partial charge in [0.1, 0.15) is 0 Å². The molecule has 5 heteroatoms. The predicted octanol–water partition coefficient (Wildman–Crippen LogP) is 3.98. The highest BCUT2D eigenvalue weighted by Crippen LogP contribution is 2.39. The number of rotatable bonds is 4. The number of ether oxygens (including phenoxy) is 2. The van der Waals surface area contributed by atoms with Gasteiger partial charge in [0, 0.05) is 17.5 Å². The van der Waals surface area contributed by atoms with Crippen LogP contribution < -0.4 is 14.8 Å². The average Bonchev–Trinajstić information content (AvgIpc) is 3.06. The van der Waals surface area contributed by atoms with Crippen molar-refractivity contribution >= 4 is 22.9 Å². The summed E-state index contributed by atoms with van der Waals surface area (Å²) in [4.78, 5) is 1.33. The molecule has 19 heavy (non-hydrogen) atoms. The van der Waals surface area contributed by atoms with Crippen molar-refractivity contribution in [3.63, 3.8) is 0 Å². The molecule has 2 heterocycles. The van der Waals surface area contributed by atoms with Crippen molar-refractivity contribution in [2.24, 2.45) is 0 Å². The summed E-state index contributed by atoms with van der Waals surface area (Å²) in [6.07, 6.45) is 0. The van der Waals surface area contributed by atoms with Crippen LogP contribution in [-0.2, 0) is 6.54 Å². The zero-order chi connectivity index (χ0) is 13.2. The smallest absolute Gasteiger partial charge is 0.231 e. The standard InChI is InChI=1S/C14H14ClNO2S/c1-9(13-3-2-4-19-13)16-7-10-5-11(15)14-12(6-10)17-8-18-14/h2-6,9,16H,7-8H2,1H3/t9-/m1/s1. The molecule has 0 radical (unpaired) electrons. The van der Waals surface area contributed by atoms with E-state index < -0.39 is 0 Å². The number of benzene rings is 1. The molecule has 100 valence electrons. The lowest BCUT2D eigenvalue weighted by atomic mass is 10.2. The Hall–Kier alpha value is -1.23. The normalized spacial score (nSPS) is 14.6. The quantitative estimate of drug-likeness (QED) is 0.925. The molecule has 1 atom stereocenters. The van der Waals surface area contributed by atoms with Gasteiger partial charge in [0.2, 0.25) is 6.79 Å². The maximum atomic E-state index is 6.16. The molecule has 0 aliphatic carbocycles. The van der Waals surface area contributed by atoms with E-state index in [0.717, 1.165) is 17.9 Å².